The summed E-state index contributed by atoms with van der Waals surface area (Å²) >= 11 is 0. The van der Waals surface area contributed by atoms with Crippen LogP contribution in [0.4, 0.5) is 4.79 Å². The first kappa shape index (κ1) is 17.3. The molecule has 2 amide bonds. The van der Waals surface area contributed by atoms with Crippen molar-refractivity contribution in [3.05, 3.63) is 29.6 Å². The molecule has 0 atom stereocenters. The summed E-state index contributed by atoms with van der Waals surface area (Å²) in [6.07, 6.45) is 0.912. The van der Waals surface area contributed by atoms with Gasteiger partial charge in [0.25, 0.3) is 0 Å². The highest BCUT2D eigenvalue weighted by atomic mass is 16.6. The van der Waals surface area contributed by atoms with Crippen molar-refractivity contribution >= 4 is 23.0 Å². The van der Waals surface area contributed by atoms with Crippen LogP contribution >= 0.6 is 0 Å². The van der Waals surface area contributed by atoms with Gasteiger partial charge < -0.3 is 19.5 Å². The summed E-state index contributed by atoms with van der Waals surface area (Å²) < 4.78 is 5.00. The number of ether oxygens (including phenoxy) is 1. The van der Waals surface area contributed by atoms with Crippen LogP contribution in [0.1, 0.15) is 25.2 Å². The largest absolute Gasteiger partial charge is 0.450 e. The number of nitrogens with one attached hydrogen (secondary N) is 1. The normalized spacial score (nSPS) is 14.8. The molecule has 0 saturated carbocycles. The maximum absolute atomic E-state index is 12.5. The average Bonchev–Trinajstić information content (AvgIpc) is 3.04. The van der Waals surface area contributed by atoms with Crippen molar-refractivity contribution in [3.8, 4) is 0 Å². The molecule has 0 bridgehead atoms. The standard InChI is InChI=1S/C18H24N4O3/c1-3-16-19-14-6-5-13(11-15(14)20-16)12-17(23)21-7-9-22(10-8-21)18(24)25-4-2/h5-6,11H,3-4,7-10,12H2,1-2H3,(H,19,20). The minimum Gasteiger partial charge on any atom is -0.450 e. The van der Waals surface area contributed by atoms with Crippen molar-refractivity contribution in [1.29, 1.82) is 0 Å². The number of piperazine rings is 1. The third kappa shape index (κ3) is 3.92. The summed E-state index contributed by atoms with van der Waals surface area (Å²) in [5.74, 6) is 1.03. The van der Waals surface area contributed by atoms with Gasteiger partial charge in [-0.1, -0.05) is 13.0 Å². The predicted octanol–water partition coefficient (Wildman–Crippen LogP) is 1.97. The monoisotopic (exact) mass is 344 g/mol. The summed E-state index contributed by atoms with van der Waals surface area (Å²) in [5.41, 5.74) is 2.86. The van der Waals surface area contributed by atoms with Gasteiger partial charge in [-0.2, -0.15) is 0 Å². The number of aryl methyl sites for hydroxylation is 1. The smallest absolute Gasteiger partial charge is 0.409 e. The molecule has 0 unspecified atom stereocenters. The predicted molar refractivity (Wildman–Crippen MR) is 94.4 cm³/mol. The van der Waals surface area contributed by atoms with Crippen molar-refractivity contribution in [3.63, 3.8) is 0 Å². The Hall–Kier alpha value is -2.57. The Morgan fingerprint density at radius 2 is 1.88 bits per heavy atom. The lowest BCUT2D eigenvalue weighted by atomic mass is 10.1. The second-order valence-electron chi connectivity index (χ2n) is 6.13. The average molecular weight is 344 g/mol. The molecule has 0 spiro atoms. The van der Waals surface area contributed by atoms with Crippen LogP contribution in [0.2, 0.25) is 0 Å². The van der Waals surface area contributed by atoms with Gasteiger partial charge in [-0.25, -0.2) is 9.78 Å². The number of carbonyl (C=O) groups is 2. The van der Waals surface area contributed by atoms with E-state index in [9.17, 15) is 9.59 Å². The van der Waals surface area contributed by atoms with Crippen molar-refractivity contribution in [2.75, 3.05) is 32.8 Å². The van der Waals surface area contributed by atoms with Crippen molar-refractivity contribution in [2.24, 2.45) is 0 Å². The first-order valence-electron chi connectivity index (χ1n) is 8.77. The molecule has 1 fully saturated rings. The van der Waals surface area contributed by atoms with Crippen molar-refractivity contribution < 1.29 is 14.3 Å². The number of benzene rings is 1. The van der Waals surface area contributed by atoms with Gasteiger partial charge >= 0.3 is 6.09 Å². The Morgan fingerprint density at radius 3 is 2.56 bits per heavy atom. The van der Waals surface area contributed by atoms with E-state index in [2.05, 4.69) is 16.9 Å². The first-order valence-corrected chi connectivity index (χ1v) is 8.77. The molecule has 3 rings (SSSR count). The van der Waals surface area contributed by atoms with E-state index < -0.39 is 0 Å². The van der Waals surface area contributed by atoms with E-state index in [1.165, 1.54) is 0 Å². The molecule has 1 saturated heterocycles. The number of rotatable bonds is 4. The van der Waals surface area contributed by atoms with E-state index >= 15 is 0 Å². The fourth-order valence-electron chi connectivity index (χ4n) is 3.03. The van der Waals surface area contributed by atoms with Gasteiger partial charge in [0.05, 0.1) is 24.1 Å². The van der Waals surface area contributed by atoms with Gasteiger partial charge in [0, 0.05) is 32.6 Å². The molecule has 1 aromatic carbocycles. The van der Waals surface area contributed by atoms with Crippen molar-refractivity contribution in [2.45, 2.75) is 26.7 Å². The molecule has 2 aromatic rings. The van der Waals surface area contributed by atoms with Gasteiger partial charge in [0.15, 0.2) is 0 Å². The number of imidazole rings is 1. The third-order valence-electron chi connectivity index (χ3n) is 4.44. The molecule has 0 radical (unpaired) electrons. The minimum atomic E-state index is -0.300. The summed E-state index contributed by atoms with van der Waals surface area (Å²) in [6, 6.07) is 5.90. The number of hydrogen-bond donors (Lipinski definition) is 1. The number of amides is 2. The maximum atomic E-state index is 12.5. The summed E-state index contributed by atoms with van der Waals surface area (Å²) in [6.45, 7) is 6.34. The molecule has 1 aromatic heterocycles. The number of fused-ring (bicyclic) bond motifs is 1. The Balaban J connectivity index is 1.58. The highest BCUT2D eigenvalue weighted by molar-refractivity contribution is 5.82. The van der Waals surface area contributed by atoms with E-state index in [1.807, 2.05) is 23.1 Å². The van der Waals surface area contributed by atoms with Crippen molar-refractivity contribution in [1.82, 2.24) is 19.8 Å². The molecule has 1 N–H and O–H groups in total. The molecule has 1 aliphatic rings. The Morgan fingerprint density at radius 1 is 1.16 bits per heavy atom. The summed E-state index contributed by atoms with van der Waals surface area (Å²) in [5, 5.41) is 0. The summed E-state index contributed by atoms with van der Waals surface area (Å²) in [4.78, 5) is 35.5. The van der Waals surface area contributed by atoms with E-state index in [4.69, 9.17) is 4.74 Å². The summed E-state index contributed by atoms with van der Waals surface area (Å²) in [7, 11) is 0. The number of aromatic amines is 1. The van der Waals surface area contributed by atoms with Crippen LogP contribution in [-0.2, 0) is 22.4 Å². The van der Waals surface area contributed by atoms with Crippen LogP contribution in [0.5, 0.6) is 0 Å². The number of nitrogens with zero attached hydrogens (tertiary/aromatic N) is 3. The highest BCUT2D eigenvalue weighted by Gasteiger charge is 2.24. The third-order valence-corrected chi connectivity index (χ3v) is 4.44. The van der Waals surface area contributed by atoms with Gasteiger partial charge in [0.1, 0.15) is 5.82 Å². The molecule has 7 heteroatoms. The van der Waals surface area contributed by atoms with Crippen LogP contribution in [0.25, 0.3) is 11.0 Å². The molecular formula is C18H24N4O3. The Kier molecular flexibility index (Phi) is 5.21. The van der Waals surface area contributed by atoms with Gasteiger partial charge in [0.2, 0.25) is 5.91 Å². The zero-order valence-corrected chi connectivity index (χ0v) is 14.7. The van der Waals surface area contributed by atoms with E-state index in [1.54, 1.807) is 11.8 Å². The lowest BCUT2D eigenvalue weighted by Crippen LogP contribution is -2.51. The second kappa shape index (κ2) is 7.55. The molecule has 1 aliphatic heterocycles. The van der Waals surface area contributed by atoms with Crippen LogP contribution in [0.15, 0.2) is 18.2 Å². The van der Waals surface area contributed by atoms with E-state index in [0.29, 0.717) is 39.2 Å². The van der Waals surface area contributed by atoms with Crippen LogP contribution in [-0.4, -0.2) is 64.6 Å². The highest BCUT2D eigenvalue weighted by Crippen LogP contribution is 2.16. The number of H-pyrrole nitrogens is 1. The molecule has 7 nitrogen and oxygen atoms in total. The number of hydrogen-bond acceptors (Lipinski definition) is 4. The maximum Gasteiger partial charge on any atom is 0.409 e. The minimum absolute atomic E-state index is 0.0816. The quantitative estimate of drug-likeness (QED) is 0.920. The lowest BCUT2D eigenvalue weighted by Gasteiger charge is -2.34. The molecule has 0 aliphatic carbocycles. The number of carbonyl (C=O) groups excluding carboxylic acids is 2. The van der Waals surface area contributed by atoms with Crippen LogP contribution in [0, 0.1) is 0 Å². The van der Waals surface area contributed by atoms with Gasteiger partial charge in [-0.3, -0.25) is 4.79 Å². The van der Waals surface area contributed by atoms with E-state index in [0.717, 1.165) is 28.8 Å². The molecule has 2 heterocycles. The molecule has 134 valence electrons. The van der Waals surface area contributed by atoms with Crippen LogP contribution in [0.3, 0.4) is 0 Å². The SMILES string of the molecule is CCOC(=O)N1CCN(C(=O)Cc2ccc3nc(CC)[nH]c3c2)CC1. The van der Waals surface area contributed by atoms with Gasteiger partial charge in [-0.05, 0) is 24.6 Å². The number of aromatic nitrogens is 2. The molecular weight excluding hydrogens is 320 g/mol. The Bertz CT molecular complexity index is 763. The zero-order valence-electron chi connectivity index (χ0n) is 14.7. The zero-order chi connectivity index (χ0) is 17.8. The molecule has 25 heavy (non-hydrogen) atoms. The second-order valence-corrected chi connectivity index (χ2v) is 6.13. The van der Waals surface area contributed by atoms with Gasteiger partial charge in [-0.15, -0.1) is 0 Å². The van der Waals surface area contributed by atoms with Crippen LogP contribution < -0.4 is 0 Å². The topological polar surface area (TPSA) is 78.5 Å². The fraction of sp³-hybridized carbons (Fsp3) is 0.500. The Labute approximate surface area is 147 Å². The lowest BCUT2D eigenvalue weighted by molar-refractivity contribution is -0.132. The first-order chi connectivity index (χ1) is 12.1. The fourth-order valence-corrected chi connectivity index (χ4v) is 3.03. The van der Waals surface area contributed by atoms with E-state index in [-0.39, 0.29) is 12.0 Å².